The maximum Gasteiger partial charge on any atom is 0.253 e. The first-order valence-electron chi connectivity index (χ1n) is 16.1. The first kappa shape index (κ1) is 31.3. The summed E-state index contributed by atoms with van der Waals surface area (Å²) >= 11 is 6.12. The summed E-state index contributed by atoms with van der Waals surface area (Å²) in [5.74, 6) is 0.852. The lowest BCUT2D eigenvalue weighted by Gasteiger charge is -2.41. The molecule has 2 aliphatic rings. The molecule has 3 aromatic carbocycles. The molecule has 2 saturated heterocycles. The van der Waals surface area contributed by atoms with Crippen LogP contribution < -0.4 is 10.1 Å². The van der Waals surface area contributed by atoms with Crippen LogP contribution in [0.2, 0.25) is 5.02 Å². The summed E-state index contributed by atoms with van der Waals surface area (Å²) in [5, 5.41) is 4.64. The predicted molar refractivity (Wildman–Crippen MR) is 180 cm³/mol. The number of amides is 1. The van der Waals surface area contributed by atoms with Crippen molar-refractivity contribution in [2.24, 2.45) is 0 Å². The van der Waals surface area contributed by atoms with Crippen LogP contribution in [0.1, 0.15) is 65.0 Å². The Morgan fingerprint density at radius 3 is 2.47 bits per heavy atom. The van der Waals surface area contributed by atoms with Crippen molar-refractivity contribution in [3.8, 4) is 5.75 Å². The number of aryl methyl sites for hydroxylation is 2. The molecule has 45 heavy (non-hydrogen) atoms. The molecule has 0 radical (unpaired) electrons. The molecule has 236 valence electrons. The van der Waals surface area contributed by atoms with E-state index in [-0.39, 0.29) is 17.8 Å². The highest BCUT2D eigenvalue weighted by atomic mass is 35.5. The molecule has 2 aliphatic heterocycles. The van der Waals surface area contributed by atoms with Crippen LogP contribution in [0.5, 0.6) is 5.75 Å². The number of likely N-dealkylation sites (tertiary alicyclic amines) is 1. The molecule has 0 spiro atoms. The van der Waals surface area contributed by atoms with Crippen LogP contribution >= 0.6 is 11.6 Å². The Morgan fingerprint density at radius 1 is 0.978 bits per heavy atom. The second-order valence-electron chi connectivity index (χ2n) is 12.8. The third-order valence-electron chi connectivity index (χ3n) is 9.04. The highest BCUT2D eigenvalue weighted by Gasteiger charge is 2.39. The van der Waals surface area contributed by atoms with Crippen LogP contribution in [0.25, 0.3) is 10.9 Å². The highest BCUT2D eigenvalue weighted by molar-refractivity contribution is 6.31. The Hall–Kier alpha value is -3.65. The molecule has 2 fully saturated rings. The summed E-state index contributed by atoms with van der Waals surface area (Å²) in [4.78, 5) is 31.4. The van der Waals surface area contributed by atoms with E-state index >= 15 is 0 Å². The van der Waals surface area contributed by atoms with E-state index in [2.05, 4.69) is 38.7 Å². The topological polar surface area (TPSA) is 66.8 Å². The van der Waals surface area contributed by atoms with Gasteiger partial charge in [0.05, 0.1) is 23.7 Å². The summed E-state index contributed by atoms with van der Waals surface area (Å²) in [6.45, 7) is 10.6. The molecule has 7 nitrogen and oxygen atoms in total. The van der Waals surface area contributed by atoms with Gasteiger partial charge in [0.15, 0.2) is 5.78 Å². The van der Waals surface area contributed by atoms with E-state index in [1.165, 1.54) is 5.56 Å². The summed E-state index contributed by atoms with van der Waals surface area (Å²) in [7, 11) is 0. The summed E-state index contributed by atoms with van der Waals surface area (Å²) < 4.78 is 8.43. The number of piperazine rings is 1. The van der Waals surface area contributed by atoms with E-state index in [1.54, 1.807) is 12.1 Å². The van der Waals surface area contributed by atoms with Gasteiger partial charge in [0.2, 0.25) is 0 Å². The number of ketones is 1. The van der Waals surface area contributed by atoms with Crippen molar-refractivity contribution in [1.82, 2.24) is 19.7 Å². The van der Waals surface area contributed by atoms with E-state index in [4.69, 9.17) is 16.3 Å². The first-order valence-corrected chi connectivity index (χ1v) is 16.5. The van der Waals surface area contributed by atoms with Gasteiger partial charge in [0, 0.05) is 67.0 Å². The van der Waals surface area contributed by atoms with Crippen molar-refractivity contribution in [3.63, 3.8) is 0 Å². The molecule has 2 atom stereocenters. The Morgan fingerprint density at radius 2 is 1.73 bits per heavy atom. The van der Waals surface area contributed by atoms with E-state index in [0.29, 0.717) is 41.3 Å². The van der Waals surface area contributed by atoms with Gasteiger partial charge >= 0.3 is 0 Å². The minimum absolute atomic E-state index is 0.0234. The van der Waals surface area contributed by atoms with Crippen molar-refractivity contribution >= 4 is 34.2 Å². The second kappa shape index (κ2) is 13.8. The third-order valence-corrected chi connectivity index (χ3v) is 9.28. The number of fused-ring (bicyclic) bond motifs is 3. The number of rotatable bonds is 12. The van der Waals surface area contributed by atoms with Gasteiger partial charge < -0.3 is 14.6 Å². The number of carbonyl (C=O) groups is 2. The fraction of sp³-hybridized carbons (Fsp3) is 0.405. The molecule has 3 heterocycles. The second-order valence-corrected chi connectivity index (χ2v) is 13.3. The average molecular weight is 627 g/mol. The maximum atomic E-state index is 13.5. The van der Waals surface area contributed by atoms with Crippen molar-refractivity contribution in [2.45, 2.75) is 71.3 Å². The Bertz CT molecular complexity index is 1670. The van der Waals surface area contributed by atoms with E-state index in [1.807, 2.05) is 62.5 Å². The zero-order valence-electron chi connectivity index (χ0n) is 26.5. The maximum absolute atomic E-state index is 13.5. The van der Waals surface area contributed by atoms with Gasteiger partial charge in [-0.25, -0.2) is 0 Å². The first-order chi connectivity index (χ1) is 21.7. The molecular formula is C37H43ClN4O3. The zero-order chi connectivity index (χ0) is 31.5. The van der Waals surface area contributed by atoms with Crippen molar-refractivity contribution in [3.05, 3.63) is 100 Å². The smallest absolute Gasteiger partial charge is 0.253 e. The standard InChI is InChI=1S/C37H43ClN4O3/c1-25(2)45-35-13-6-12-32-33(37(44)39-20-27-9-4-8-26(3)18-27)23-41(36(32)35)16-7-17-42-30-14-15-31(42)22-40(21-30)24-34(43)28-10-5-11-29(38)19-28/h4-6,8-13,18-19,23,25,30-31H,7,14-17,20-22,24H2,1-3H3,(H,39,44). The molecule has 1 amide bonds. The lowest BCUT2D eigenvalue weighted by molar-refractivity contribution is 0.0588. The van der Waals surface area contributed by atoms with Crippen LogP contribution in [-0.4, -0.2) is 70.4 Å². The minimum atomic E-state index is -0.0801. The Balaban J connectivity index is 1.12. The summed E-state index contributed by atoms with van der Waals surface area (Å²) in [5.41, 5.74) is 4.58. The highest BCUT2D eigenvalue weighted by Crippen LogP contribution is 2.33. The molecule has 2 unspecified atom stereocenters. The van der Waals surface area contributed by atoms with Crippen LogP contribution in [-0.2, 0) is 13.1 Å². The zero-order valence-corrected chi connectivity index (χ0v) is 27.2. The molecule has 0 saturated carbocycles. The fourth-order valence-electron chi connectivity index (χ4n) is 7.08. The number of hydrogen-bond acceptors (Lipinski definition) is 5. The van der Waals surface area contributed by atoms with Crippen LogP contribution in [0.3, 0.4) is 0 Å². The van der Waals surface area contributed by atoms with Crippen LogP contribution in [0.4, 0.5) is 0 Å². The van der Waals surface area contributed by atoms with E-state index < -0.39 is 0 Å². The van der Waals surface area contributed by atoms with Gasteiger partial charge in [0.1, 0.15) is 5.75 Å². The number of para-hydroxylation sites is 1. The van der Waals surface area contributed by atoms with Gasteiger partial charge in [-0.3, -0.25) is 19.4 Å². The number of halogens is 1. The lowest BCUT2D eigenvalue weighted by atomic mass is 10.1. The molecule has 0 aliphatic carbocycles. The van der Waals surface area contributed by atoms with Gasteiger partial charge in [-0.2, -0.15) is 0 Å². The fourth-order valence-corrected chi connectivity index (χ4v) is 7.27. The number of aromatic nitrogens is 1. The van der Waals surface area contributed by atoms with Crippen molar-refractivity contribution in [1.29, 1.82) is 0 Å². The quantitative estimate of drug-likeness (QED) is 0.176. The van der Waals surface area contributed by atoms with Gasteiger partial charge in [-0.05, 0) is 63.8 Å². The molecule has 8 heteroatoms. The van der Waals surface area contributed by atoms with Crippen LogP contribution in [0, 0.1) is 6.92 Å². The van der Waals surface area contributed by atoms with Gasteiger partial charge in [-0.1, -0.05) is 65.7 Å². The third kappa shape index (κ3) is 7.27. The monoisotopic (exact) mass is 626 g/mol. The SMILES string of the molecule is Cc1cccc(CNC(=O)c2cn(CCCN3C4CCC3CN(CC(=O)c3cccc(Cl)c3)C4)c3c(OC(C)C)cccc23)c1. The molecule has 1 N–H and O–H groups in total. The van der Waals surface area contributed by atoms with Crippen molar-refractivity contribution < 1.29 is 14.3 Å². The van der Waals surface area contributed by atoms with Crippen molar-refractivity contribution in [2.75, 3.05) is 26.2 Å². The number of nitrogens with zero attached hydrogens (tertiary/aromatic N) is 3. The number of hydrogen-bond donors (Lipinski definition) is 1. The Kier molecular flexibility index (Phi) is 9.59. The molecule has 4 aromatic rings. The number of benzene rings is 3. The minimum Gasteiger partial charge on any atom is -0.489 e. The summed E-state index contributed by atoms with van der Waals surface area (Å²) in [6, 6.07) is 22.4. The molecule has 1 aromatic heterocycles. The number of carbonyl (C=O) groups excluding carboxylic acids is 2. The molecule has 6 rings (SSSR count). The Labute approximate surface area is 271 Å². The number of nitrogens with one attached hydrogen (secondary N) is 1. The summed E-state index contributed by atoms with van der Waals surface area (Å²) in [6.07, 6.45) is 5.30. The lowest BCUT2D eigenvalue weighted by Crippen LogP contribution is -2.54. The average Bonchev–Trinajstić information content (AvgIpc) is 3.49. The van der Waals surface area contributed by atoms with Gasteiger partial charge in [-0.15, -0.1) is 0 Å². The van der Waals surface area contributed by atoms with E-state index in [9.17, 15) is 9.59 Å². The predicted octanol–water partition coefficient (Wildman–Crippen LogP) is 6.74. The number of ether oxygens (including phenoxy) is 1. The largest absolute Gasteiger partial charge is 0.489 e. The normalized spacial score (nSPS) is 18.5. The van der Waals surface area contributed by atoms with E-state index in [0.717, 1.165) is 67.7 Å². The number of Topliss-reactive ketones (excluding diaryl/α,β-unsaturated/α-hetero) is 1. The van der Waals surface area contributed by atoms with Crippen LogP contribution in [0.15, 0.2) is 72.9 Å². The molecule has 2 bridgehead atoms. The molecular weight excluding hydrogens is 584 g/mol. The van der Waals surface area contributed by atoms with Gasteiger partial charge in [0.25, 0.3) is 5.91 Å².